The van der Waals surface area contributed by atoms with Crippen molar-refractivity contribution in [3.8, 4) is 11.4 Å². The van der Waals surface area contributed by atoms with Crippen LogP contribution < -0.4 is 16.4 Å². The number of tetrazole rings is 1. The number of anilines is 1. The minimum Gasteiger partial charge on any atom is -0.366 e. The Balaban J connectivity index is 1.48. The number of primary amides is 1. The molecule has 1 aliphatic rings. The van der Waals surface area contributed by atoms with Crippen molar-refractivity contribution in [2.75, 3.05) is 11.6 Å². The van der Waals surface area contributed by atoms with E-state index in [4.69, 9.17) is 5.73 Å². The molecule has 5 N–H and O–H groups in total. The first kappa shape index (κ1) is 26.4. The third kappa shape index (κ3) is 6.28. The number of hydrogen-bond donors (Lipinski definition) is 4. The maximum atomic E-state index is 13.2. The average molecular weight is 542 g/mol. The third-order valence-corrected chi connectivity index (χ3v) is 7.90. The first-order valence-corrected chi connectivity index (χ1v) is 14.2. The molecule has 1 heterocycles. The van der Waals surface area contributed by atoms with Gasteiger partial charge in [0, 0.05) is 16.1 Å². The van der Waals surface area contributed by atoms with Gasteiger partial charge in [-0.2, -0.15) is 5.21 Å². The molecule has 3 aromatic carbocycles. The summed E-state index contributed by atoms with van der Waals surface area (Å²) in [7, 11) is 0. The molecule has 3 amide bonds. The molecular weight excluding hydrogens is 510 g/mol. The van der Waals surface area contributed by atoms with Gasteiger partial charge in [0.15, 0.2) is 0 Å². The molecule has 5 rings (SSSR count). The summed E-state index contributed by atoms with van der Waals surface area (Å²) in [5.41, 5.74) is 10.0. The van der Waals surface area contributed by atoms with Crippen LogP contribution in [0.5, 0.6) is 0 Å². The van der Waals surface area contributed by atoms with E-state index < -0.39 is 11.9 Å². The number of thioether (sulfide) groups is 1. The van der Waals surface area contributed by atoms with Crippen molar-refractivity contribution >= 4 is 29.4 Å². The number of urea groups is 1. The molecule has 1 aliphatic carbocycles. The topological polar surface area (TPSA) is 139 Å². The minimum absolute atomic E-state index is 0.246. The normalized spacial score (nSPS) is 14.5. The fourth-order valence-corrected chi connectivity index (χ4v) is 5.63. The number of amides is 3. The second kappa shape index (κ2) is 12.1. The van der Waals surface area contributed by atoms with Crippen LogP contribution in [0.4, 0.5) is 10.5 Å². The molecule has 10 heteroatoms. The van der Waals surface area contributed by atoms with Crippen molar-refractivity contribution in [3.63, 3.8) is 0 Å². The Bertz CT molecular complexity index is 1430. The number of carbonyl (C=O) groups excluding carboxylic acids is 2. The molecule has 4 aromatic rings. The Kier molecular flexibility index (Phi) is 8.21. The summed E-state index contributed by atoms with van der Waals surface area (Å²) in [4.78, 5) is 26.4. The molecule has 1 aromatic heterocycles. The minimum atomic E-state index is -0.603. The standard InChI is InChI=1S/C29H31N7O2S/c1-39-23-9-5-8-22(17-23)31-29(38)32-26(20-12-10-19(11-13-20)18-6-3-2-4-7-18)21-14-15-24(27(30)37)25(16-21)28-33-35-36-34-28/h5,8-18,26H,2-4,6-7H2,1H3,(H2,30,37)(H2,31,32,38)(H,33,34,35,36). The van der Waals surface area contributed by atoms with Gasteiger partial charge in [-0.3, -0.25) is 4.79 Å². The summed E-state index contributed by atoms with van der Waals surface area (Å²) in [5, 5.41) is 20.2. The van der Waals surface area contributed by atoms with E-state index in [0.29, 0.717) is 17.2 Å². The van der Waals surface area contributed by atoms with Crippen LogP contribution in [0.15, 0.2) is 71.6 Å². The van der Waals surface area contributed by atoms with Gasteiger partial charge in [0.2, 0.25) is 11.7 Å². The van der Waals surface area contributed by atoms with Gasteiger partial charge in [0.05, 0.1) is 11.6 Å². The lowest BCUT2D eigenvalue weighted by atomic mass is 9.83. The second-order valence-electron chi connectivity index (χ2n) is 9.67. The number of nitrogens with zero attached hydrogens (tertiary/aromatic N) is 3. The number of aromatic amines is 1. The maximum Gasteiger partial charge on any atom is 0.319 e. The van der Waals surface area contributed by atoms with Gasteiger partial charge >= 0.3 is 6.03 Å². The number of benzene rings is 3. The summed E-state index contributed by atoms with van der Waals surface area (Å²) in [5.74, 6) is 0.218. The van der Waals surface area contributed by atoms with E-state index in [0.717, 1.165) is 16.0 Å². The molecule has 0 aliphatic heterocycles. The lowest BCUT2D eigenvalue weighted by molar-refractivity contribution is 0.100. The monoisotopic (exact) mass is 541 g/mol. The Morgan fingerprint density at radius 2 is 1.77 bits per heavy atom. The highest BCUT2D eigenvalue weighted by atomic mass is 32.2. The van der Waals surface area contributed by atoms with E-state index in [1.54, 1.807) is 30.0 Å². The van der Waals surface area contributed by atoms with Crippen LogP contribution >= 0.6 is 11.8 Å². The predicted molar refractivity (Wildman–Crippen MR) is 153 cm³/mol. The first-order chi connectivity index (χ1) is 19.0. The fraction of sp³-hybridized carbons (Fsp3) is 0.276. The Labute approximate surface area is 231 Å². The molecule has 0 bridgehead atoms. The van der Waals surface area contributed by atoms with Crippen molar-refractivity contribution in [1.82, 2.24) is 25.9 Å². The number of aromatic nitrogens is 4. The second-order valence-corrected chi connectivity index (χ2v) is 10.5. The van der Waals surface area contributed by atoms with Gasteiger partial charge in [-0.05, 0) is 77.3 Å². The zero-order valence-electron chi connectivity index (χ0n) is 21.7. The molecule has 0 radical (unpaired) electrons. The van der Waals surface area contributed by atoms with Crippen molar-refractivity contribution in [2.45, 2.75) is 49.0 Å². The molecular formula is C29H31N7O2S. The molecule has 39 heavy (non-hydrogen) atoms. The molecule has 200 valence electrons. The number of hydrogen-bond acceptors (Lipinski definition) is 6. The zero-order chi connectivity index (χ0) is 27.2. The lowest BCUT2D eigenvalue weighted by Crippen LogP contribution is -2.33. The Morgan fingerprint density at radius 1 is 1.00 bits per heavy atom. The van der Waals surface area contributed by atoms with Gasteiger partial charge in [0.1, 0.15) is 0 Å². The van der Waals surface area contributed by atoms with Crippen molar-refractivity contribution < 1.29 is 9.59 Å². The number of H-pyrrole nitrogens is 1. The predicted octanol–water partition coefficient (Wildman–Crippen LogP) is 5.65. The van der Waals surface area contributed by atoms with Gasteiger partial charge in [-0.1, -0.05) is 55.7 Å². The summed E-state index contributed by atoms with van der Waals surface area (Å²) in [6, 6.07) is 20.5. The van der Waals surface area contributed by atoms with E-state index in [2.05, 4.69) is 55.5 Å². The molecule has 0 saturated heterocycles. The van der Waals surface area contributed by atoms with Gasteiger partial charge in [-0.15, -0.1) is 22.0 Å². The molecule has 0 spiro atoms. The largest absolute Gasteiger partial charge is 0.366 e. The highest BCUT2D eigenvalue weighted by Gasteiger charge is 2.23. The van der Waals surface area contributed by atoms with Crippen LogP contribution in [0, 0.1) is 0 Å². The van der Waals surface area contributed by atoms with Gasteiger partial charge in [-0.25, -0.2) is 4.79 Å². The maximum absolute atomic E-state index is 13.2. The van der Waals surface area contributed by atoms with E-state index in [1.807, 2.05) is 30.5 Å². The van der Waals surface area contributed by atoms with Crippen LogP contribution in [0.3, 0.4) is 0 Å². The van der Waals surface area contributed by atoms with Crippen LogP contribution in [0.25, 0.3) is 11.4 Å². The number of nitrogens with one attached hydrogen (secondary N) is 3. The molecule has 1 fully saturated rings. The molecule has 9 nitrogen and oxygen atoms in total. The Hall–Kier alpha value is -4.18. The highest BCUT2D eigenvalue weighted by Crippen LogP contribution is 2.34. The highest BCUT2D eigenvalue weighted by molar-refractivity contribution is 7.98. The molecule has 1 atom stereocenters. The fourth-order valence-electron chi connectivity index (χ4n) is 5.17. The molecule has 1 unspecified atom stereocenters. The van der Waals surface area contributed by atoms with E-state index in [9.17, 15) is 9.59 Å². The van der Waals surface area contributed by atoms with E-state index >= 15 is 0 Å². The summed E-state index contributed by atoms with van der Waals surface area (Å²) in [6.45, 7) is 0. The Morgan fingerprint density at radius 3 is 2.46 bits per heavy atom. The number of rotatable bonds is 8. The third-order valence-electron chi connectivity index (χ3n) is 7.18. The number of carbonyl (C=O) groups is 2. The van der Waals surface area contributed by atoms with E-state index in [-0.39, 0.29) is 17.4 Å². The van der Waals surface area contributed by atoms with Crippen molar-refractivity contribution in [3.05, 3.63) is 89.0 Å². The average Bonchev–Trinajstić information content (AvgIpc) is 3.51. The zero-order valence-corrected chi connectivity index (χ0v) is 22.5. The van der Waals surface area contributed by atoms with Gasteiger partial charge < -0.3 is 16.4 Å². The van der Waals surface area contributed by atoms with Crippen LogP contribution in [0.2, 0.25) is 0 Å². The van der Waals surface area contributed by atoms with E-state index in [1.165, 1.54) is 37.7 Å². The summed E-state index contributed by atoms with van der Waals surface area (Å²) < 4.78 is 0. The smallest absolute Gasteiger partial charge is 0.319 e. The lowest BCUT2D eigenvalue weighted by Gasteiger charge is -2.24. The van der Waals surface area contributed by atoms with Crippen LogP contribution in [-0.2, 0) is 0 Å². The van der Waals surface area contributed by atoms with Crippen molar-refractivity contribution in [1.29, 1.82) is 0 Å². The SMILES string of the molecule is CSc1cccc(NC(=O)NC(c2ccc(C3CCCCC3)cc2)c2ccc(C(N)=O)c(-c3nn[nH]n3)c2)c1. The van der Waals surface area contributed by atoms with Crippen LogP contribution in [0.1, 0.15) is 71.1 Å². The summed E-state index contributed by atoms with van der Waals surface area (Å²) in [6.07, 6.45) is 8.24. The number of nitrogens with two attached hydrogens (primary N) is 1. The van der Waals surface area contributed by atoms with Crippen LogP contribution in [-0.4, -0.2) is 38.8 Å². The van der Waals surface area contributed by atoms with Crippen molar-refractivity contribution in [2.24, 2.45) is 5.73 Å². The quantitative estimate of drug-likeness (QED) is 0.213. The van der Waals surface area contributed by atoms with Gasteiger partial charge in [0.25, 0.3) is 0 Å². The molecule has 1 saturated carbocycles. The summed E-state index contributed by atoms with van der Waals surface area (Å²) >= 11 is 1.61. The first-order valence-electron chi connectivity index (χ1n) is 13.0.